The molecule has 1 unspecified atom stereocenters. The summed E-state index contributed by atoms with van der Waals surface area (Å²) >= 11 is 0. The molecular formula is C21H32BNO9. The van der Waals surface area contributed by atoms with Crippen LogP contribution in [-0.2, 0) is 25.4 Å². The van der Waals surface area contributed by atoms with E-state index < -0.39 is 30.8 Å². The molecule has 1 saturated heterocycles. The van der Waals surface area contributed by atoms with Crippen LogP contribution >= 0.6 is 0 Å². The molecule has 0 bridgehead atoms. The third-order valence-electron chi connectivity index (χ3n) is 4.57. The Labute approximate surface area is 188 Å². The lowest BCUT2D eigenvalue weighted by molar-refractivity contribution is -0.165. The third kappa shape index (κ3) is 9.03. The van der Waals surface area contributed by atoms with Gasteiger partial charge < -0.3 is 39.4 Å². The molecule has 1 aromatic carbocycles. The van der Waals surface area contributed by atoms with Gasteiger partial charge in [-0.05, 0) is 51.7 Å². The monoisotopic (exact) mass is 453 g/mol. The number of hydrogen-bond donors (Lipinski definition) is 4. The van der Waals surface area contributed by atoms with Crippen molar-refractivity contribution in [2.24, 2.45) is 0 Å². The molecule has 0 aromatic heterocycles. The molecule has 2 atom stereocenters. The van der Waals surface area contributed by atoms with Crippen LogP contribution in [0.25, 0.3) is 0 Å². The summed E-state index contributed by atoms with van der Waals surface area (Å²) < 4.78 is 21.9. The SMILES string of the molecule is CC(C)(C)OC(=O)N[C@@H](Cc1ccc(B(O)O)c(OCCOC2CCCCO2)c1)C(=O)O. The Morgan fingerprint density at radius 1 is 1.25 bits per heavy atom. The van der Waals surface area contributed by atoms with E-state index in [-0.39, 0.29) is 37.1 Å². The van der Waals surface area contributed by atoms with Crippen LogP contribution in [0.5, 0.6) is 5.75 Å². The zero-order chi connectivity index (χ0) is 23.7. The van der Waals surface area contributed by atoms with E-state index in [4.69, 9.17) is 18.9 Å². The van der Waals surface area contributed by atoms with E-state index in [9.17, 15) is 24.7 Å². The van der Waals surface area contributed by atoms with E-state index in [0.717, 1.165) is 19.3 Å². The molecular weight excluding hydrogens is 421 g/mol. The second-order valence-electron chi connectivity index (χ2n) is 8.50. The molecule has 1 fully saturated rings. The Morgan fingerprint density at radius 2 is 2.00 bits per heavy atom. The van der Waals surface area contributed by atoms with Gasteiger partial charge >= 0.3 is 19.2 Å². The minimum absolute atomic E-state index is 0.0564. The quantitative estimate of drug-likeness (QED) is 0.299. The maximum atomic E-state index is 12.0. The predicted molar refractivity (Wildman–Crippen MR) is 116 cm³/mol. The molecule has 0 saturated carbocycles. The molecule has 1 aliphatic heterocycles. The predicted octanol–water partition coefficient (Wildman–Crippen LogP) is 0.809. The zero-order valence-corrected chi connectivity index (χ0v) is 18.7. The lowest BCUT2D eigenvalue weighted by Crippen LogP contribution is -2.44. The summed E-state index contributed by atoms with van der Waals surface area (Å²) in [4.78, 5) is 23.6. The second kappa shape index (κ2) is 12.1. The molecule has 32 heavy (non-hydrogen) atoms. The molecule has 1 aromatic rings. The zero-order valence-electron chi connectivity index (χ0n) is 18.7. The van der Waals surface area contributed by atoms with Crippen molar-refractivity contribution in [1.82, 2.24) is 5.32 Å². The van der Waals surface area contributed by atoms with E-state index in [1.54, 1.807) is 26.8 Å². The average Bonchev–Trinajstić information content (AvgIpc) is 2.70. The van der Waals surface area contributed by atoms with Gasteiger partial charge in [0.25, 0.3) is 0 Å². The summed E-state index contributed by atoms with van der Waals surface area (Å²) in [6.45, 7) is 6.07. The number of carbonyl (C=O) groups is 2. The highest BCUT2D eigenvalue weighted by Gasteiger charge is 2.25. The lowest BCUT2D eigenvalue weighted by atomic mass is 9.79. The summed E-state index contributed by atoms with van der Waals surface area (Å²) in [5.41, 5.74) is -0.114. The number of carboxylic acid groups (broad SMARTS) is 1. The number of nitrogens with one attached hydrogen (secondary N) is 1. The van der Waals surface area contributed by atoms with Crippen molar-refractivity contribution in [3.8, 4) is 5.75 Å². The van der Waals surface area contributed by atoms with Crippen LogP contribution < -0.4 is 15.5 Å². The topological polar surface area (TPSA) is 144 Å². The second-order valence-corrected chi connectivity index (χ2v) is 8.50. The van der Waals surface area contributed by atoms with Gasteiger partial charge in [0.15, 0.2) is 6.29 Å². The first kappa shape index (κ1) is 25.9. The standard InChI is InChI=1S/C21H32BNO9/c1-21(2,3)32-20(26)23-16(19(24)25)12-14-7-8-15(22(27)28)17(13-14)29-10-11-31-18-6-4-5-9-30-18/h7-8,13,16,18,27-28H,4-6,9-12H2,1-3H3,(H,23,26)(H,24,25)/t16-,18?/m0/s1. The molecule has 0 spiro atoms. The number of amides is 1. The van der Waals surface area contributed by atoms with Crippen LogP contribution in [0.3, 0.4) is 0 Å². The van der Waals surface area contributed by atoms with E-state index in [0.29, 0.717) is 12.2 Å². The minimum Gasteiger partial charge on any atom is -0.492 e. The van der Waals surface area contributed by atoms with Crippen LogP contribution in [0, 0.1) is 0 Å². The molecule has 1 aliphatic rings. The Kier molecular flexibility index (Phi) is 9.76. The number of ether oxygens (including phenoxy) is 4. The van der Waals surface area contributed by atoms with E-state index in [2.05, 4.69) is 5.32 Å². The fraction of sp³-hybridized carbons (Fsp3) is 0.619. The molecule has 1 amide bonds. The van der Waals surface area contributed by atoms with Crippen molar-refractivity contribution in [1.29, 1.82) is 0 Å². The largest absolute Gasteiger partial charge is 0.492 e. The Bertz CT molecular complexity index is 760. The molecule has 0 radical (unpaired) electrons. The van der Waals surface area contributed by atoms with Crippen molar-refractivity contribution in [3.63, 3.8) is 0 Å². The van der Waals surface area contributed by atoms with Gasteiger partial charge in [-0.3, -0.25) is 0 Å². The van der Waals surface area contributed by atoms with Gasteiger partial charge in [-0.15, -0.1) is 0 Å². The smallest absolute Gasteiger partial charge is 0.492 e. The van der Waals surface area contributed by atoms with Crippen LogP contribution in [0.2, 0.25) is 0 Å². The number of rotatable bonds is 10. The van der Waals surface area contributed by atoms with Gasteiger partial charge in [0.1, 0.15) is 24.0 Å². The van der Waals surface area contributed by atoms with Crippen molar-refractivity contribution >= 4 is 24.6 Å². The fourth-order valence-electron chi connectivity index (χ4n) is 3.10. The van der Waals surface area contributed by atoms with Gasteiger partial charge in [-0.25, -0.2) is 9.59 Å². The first-order chi connectivity index (χ1) is 15.0. The van der Waals surface area contributed by atoms with Gasteiger partial charge in [0, 0.05) is 18.5 Å². The maximum Gasteiger partial charge on any atom is 0.492 e. The van der Waals surface area contributed by atoms with Gasteiger partial charge in [0.05, 0.1) is 6.61 Å². The third-order valence-corrected chi connectivity index (χ3v) is 4.57. The minimum atomic E-state index is -1.77. The summed E-state index contributed by atoms with van der Waals surface area (Å²) in [7, 11) is -1.77. The van der Waals surface area contributed by atoms with Gasteiger partial charge in [-0.1, -0.05) is 12.1 Å². The number of aliphatic carboxylic acids is 1. The summed E-state index contributed by atoms with van der Waals surface area (Å²) in [5, 5.41) is 31.0. The highest BCUT2D eigenvalue weighted by Crippen LogP contribution is 2.16. The number of carbonyl (C=O) groups excluding carboxylic acids is 1. The molecule has 11 heteroatoms. The summed E-state index contributed by atoms with van der Waals surface area (Å²) in [5.74, 6) is -1.04. The highest BCUT2D eigenvalue weighted by molar-refractivity contribution is 6.59. The molecule has 0 aliphatic carbocycles. The Hall–Kier alpha value is -2.34. The van der Waals surface area contributed by atoms with Gasteiger partial charge in [0.2, 0.25) is 0 Å². The van der Waals surface area contributed by atoms with Gasteiger partial charge in [-0.2, -0.15) is 0 Å². The number of hydrogen-bond acceptors (Lipinski definition) is 8. The van der Waals surface area contributed by atoms with Crippen LogP contribution in [0.15, 0.2) is 18.2 Å². The van der Waals surface area contributed by atoms with Crippen molar-refractivity contribution in [3.05, 3.63) is 23.8 Å². The first-order valence-corrected chi connectivity index (χ1v) is 10.6. The number of benzene rings is 1. The summed E-state index contributed by atoms with van der Waals surface area (Å²) in [6, 6.07) is 3.25. The molecule has 10 nitrogen and oxygen atoms in total. The normalized spacial score (nSPS) is 17.3. The first-order valence-electron chi connectivity index (χ1n) is 10.6. The molecule has 1 heterocycles. The Balaban J connectivity index is 2.00. The van der Waals surface area contributed by atoms with E-state index in [1.165, 1.54) is 12.1 Å². The fourth-order valence-corrected chi connectivity index (χ4v) is 3.10. The van der Waals surface area contributed by atoms with Crippen molar-refractivity contribution in [2.45, 2.75) is 64.4 Å². The van der Waals surface area contributed by atoms with E-state index in [1.807, 2.05) is 0 Å². The van der Waals surface area contributed by atoms with Crippen molar-refractivity contribution < 1.29 is 43.7 Å². The van der Waals surface area contributed by atoms with Crippen LogP contribution in [-0.4, -0.2) is 72.1 Å². The van der Waals surface area contributed by atoms with Crippen LogP contribution in [0.1, 0.15) is 45.6 Å². The van der Waals surface area contributed by atoms with Crippen LogP contribution in [0.4, 0.5) is 4.79 Å². The van der Waals surface area contributed by atoms with E-state index >= 15 is 0 Å². The van der Waals surface area contributed by atoms with Crippen molar-refractivity contribution in [2.75, 3.05) is 19.8 Å². The molecule has 2 rings (SSSR count). The maximum absolute atomic E-state index is 12.0. The average molecular weight is 453 g/mol. The summed E-state index contributed by atoms with van der Waals surface area (Å²) in [6.07, 6.45) is 1.70. The highest BCUT2D eigenvalue weighted by atomic mass is 16.7. The number of alkyl carbamates (subject to hydrolysis) is 1. The molecule has 4 N–H and O–H groups in total. The number of carboxylic acids is 1. The lowest BCUT2D eigenvalue weighted by Gasteiger charge is -2.23. The Morgan fingerprint density at radius 3 is 2.59 bits per heavy atom. The molecule has 178 valence electrons.